The molecule has 0 aliphatic rings. The number of esters is 2. The van der Waals surface area contributed by atoms with Crippen molar-refractivity contribution in [3.63, 3.8) is 0 Å². The van der Waals surface area contributed by atoms with Crippen LogP contribution in [0.5, 0.6) is 0 Å². The van der Waals surface area contributed by atoms with E-state index in [1.807, 2.05) is 0 Å². The molecule has 1 N–H and O–H groups in total. The first-order valence-corrected chi connectivity index (χ1v) is 11.6. The largest absolute Gasteiger partial charge is 0.465 e. The van der Waals surface area contributed by atoms with Gasteiger partial charge in [-0.25, -0.2) is 0 Å². The van der Waals surface area contributed by atoms with Crippen molar-refractivity contribution in [1.82, 2.24) is 5.32 Å². The molecule has 0 aromatic rings. The Morgan fingerprint density at radius 1 is 1.13 bits per heavy atom. The minimum Gasteiger partial charge on any atom is -0.465 e. The van der Waals surface area contributed by atoms with E-state index in [0.29, 0.717) is 6.61 Å². The number of rotatable bonds is 9. The van der Waals surface area contributed by atoms with Crippen LogP contribution in [0.1, 0.15) is 34.1 Å². The average molecular weight is 346 g/mol. The summed E-state index contributed by atoms with van der Waals surface area (Å²) in [6.45, 7) is 13.6. The number of nitrogens with one attached hydrogen (secondary N) is 1. The molecule has 6 nitrogen and oxygen atoms in total. The van der Waals surface area contributed by atoms with E-state index in [9.17, 15) is 14.4 Å². The average Bonchev–Trinajstić information content (AvgIpc) is 2.29. The SMILES string of the molecule is CC(=O)CN[C@@H](CC(=O)OC(C)(C)C)C(=O)OCC[Si](C)(C)C. The van der Waals surface area contributed by atoms with Crippen molar-refractivity contribution in [3.05, 3.63) is 0 Å². The van der Waals surface area contributed by atoms with Gasteiger partial charge in [0.2, 0.25) is 0 Å². The van der Waals surface area contributed by atoms with E-state index in [1.165, 1.54) is 6.92 Å². The molecule has 23 heavy (non-hydrogen) atoms. The second-order valence-corrected chi connectivity index (χ2v) is 13.5. The second-order valence-electron chi connectivity index (χ2n) is 7.90. The monoisotopic (exact) mass is 345 g/mol. The van der Waals surface area contributed by atoms with E-state index in [-0.39, 0.29) is 18.7 Å². The Morgan fingerprint density at radius 2 is 1.70 bits per heavy atom. The Kier molecular flexibility index (Phi) is 8.69. The smallest absolute Gasteiger partial charge is 0.323 e. The molecular formula is C16H31NO5Si. The summed E-state index contributed by atoms with van der Waals surface area (Å²) < 4.78 is 10.5. The van der Waals surface area contributed by atoms with Crippen molar-refractivity contribution < 1.29 is 23.9 Å². The number of ketones is 1. The summed E-state index contributed by atoms with van der Waals surface area (Å²) in [5.41, 5.74) is -0.621. The zero-order valence-electron chi connectivity index (χ0n) is 15.4. The highest BCUT2D eigenvalue weighted by Gasteiger charge is 2.27. The van der Waals surface area contributed by atoms with Crippen LogP contribution in [0.4, 0.5) is 0 Å². The minimum absolute atomic E-state index is 0.0105. The molecule has 0 spiro atoms. The third-order valence-corrected chi connectivity index (χ3v) is 4.47. The predicted octanol–water partition coefficient (Wildman–Crippen LogP) is 2.15. The Balaban J connectivity index is 4.63. The van der Waals surface area contributed by atoms with Crippen LogP contribution in [0.15, 0.2) is 0 Å². The van der Waals surface area contributed by atoms with Gasteiger partial charge < -0.3 is 9.47 Å². The lowest BCUT2D eigenvalue weighted by Gasteiger charge is -2.22. The molecule has 0 rings (SSSR count). The summed E-state index contributed by atoms with van der Waals surface area (Å²) in [5, 5.41) is 2.77. The number of carbonyl (C=O) groups excluding carboxylic acids is 3. The molecule has 0 heterocycles. The highest BCUT2D eigenvalue weighted by molar-refractivity contribution is 6.76. The van der Waals surface area contributed by atoms with Gasteiger partial charge in [0.25, 0.3) is 0 Å². The summed E-state index contributed by atoms with van der Waals surface area (Å²) in [6, 6.07) is -0.0136. The third kappa shape index (κ3) is 13.0. The van der Waals surface area contributed by atoms with Crippen molar-refractivity contribution in [1.29, 1.82) is 0 Å². The van der Waals surface area contributed by atoms with Gasteiger partial charge in [-0.3, -0.25) is 19.7 Å². The number of ether oxygens (including phenoxy) is 2. The summed E-state index contributed by atoms with van der Waals surface area (Å²) in [7, 11) is -1.30. The molecule has 0 amide bonds. The van der Waals surface area contributed by atoms with Gasteiger partial charge >= 0.3 is 11.9 Å². The van der Waals surface area contributed by atoms with Gasteiger partial charge in [0.05, 0.1) is 19.6 Å². The van der Waals surface area contributed by atoms with E-state index in [4.69, 9.17) is 9.47 Å². The summed E-state index contributed by atoms with van der Waals surface area (Å²) >= 11 is 0. The summed E-state index contributed by atoms with van der Waals surface area (Å²) in [5.74, 6) is -1.13. The maximum atomic E-state index is 12.2. The molecule has 0 saturated heterocycles. The number of hydrogen-bond donors (Lipinski definition) is 1. The fourth-order valence-corrected chi connectivity index (χ4v) is 2.33. The van der Waals surface area contributed by atoms with Crippen LogP contribution in [-0.4, -0.2) is 50.6 Å². The first kappa shape index (κ1) is 21.8. The first-order chi connectivity index (χ1) is 10.3. The molecule has 1 atom stereocenters. The molecule has 134 valence electrons. The molecule has 0 unspecified atom stereocenters. The maximum Gasteiger partial charge on any atom is 0.323 e. The van der Waals surface area contributed by atoms with Gasteiger partial charge in [0.15, 0.2) is 0 Å². The Labute approximate surface area is 140 Å². The Bertz CT molecular complexity index is 423. The number of carbonyl (C=O) groups is 3. The number of Topliss-reactive ketones (excluding diaryl/α,β-unsaturated/α-hetero) is 1. The van der Waals surface area contributed by atoms with Crippen molar-refractivity contribution in [3.8, 4) is 0 Å². The fourth-order valence-electron chi connectivity index (χ4n) is 1.61. The van der Waals surface area contributed by atoms with Gasteiger partial charge in [-0.2, -0.15) is 0 Å². The standard InChI is InChI=1S/C16H31NO5Si/c1-12(18)11-17-13(10-14(19)22-16(2,3)4)15(20)21-8-9-23(5,6)7/h13,17H,8-11H2,1-7H3/t13-/m0/s1. The Morgan fingerprint density at radius 3 is 2.13 bits per heavy atom. The molecule has 7 heteroatoms. The van der Waals surface area contributed by atoms with Gasteiger partial charge in [0.1, 0.15) is 17.4 Å². The summed E-state index contributed by atoms with van der Waals surface area (Å²) in [6.07, 6.45) is -0.156. The predicted molar refractivity (Wildman–Crippen MR) is 92.0 cm³/mol. The van der Waals surface area contributed by atoms with E-state index < -0.39 is 31.7 Å². The maximum absolute atomic E-state index is 12.2. The van der Waals surface area contributed by atoms with Crippen molar-refractivity contribution >= 4 is 25.8 Å². The van der Waals surface area contributed by atoms with Crippen molar-refractivity contribution in [2.24, 2.45) is 0 Å². The van der Waals surface area contributed by atoms with E-state index in [0.717, 1.165) is 6.04 Å². The Hall–Kier alpha value is -1.21. The van der Waals surface area contributed by atoms with Crippen LogP contribution >= 0.6 is 0 Å². The molecule has 0 fully saturated rings. The van der Waals surface area contributed by atoms with Crippen molar-refractivity contribution in [2.45, 2.75) is 71.4 Å². The molecule has 0 aromatic carbocycles. The summed E-state index contributed by atoms with van der Waals surface area (Å²) in [4.78, 5) is 35.2. The zero-order valence-corrected chi connectivity index (χ0v) is 16.4. The fraction of sp³-hybridized carbons (Fsp3) is 0.812. The highest BCUT2D eigenvalue weighted by atomic mass is 28.3. The molecular weight excluding hydrogens is 314 g/mol. The van der Waals surface area contributed by atoms with Crippen LogP contribution in [0, 0.1) is 0 Å². The van der Waals surface area contributed by atoms with E-state index >= 15 is 0 Å². The van der Waals surface area contributed by atoms with Gasteiger partial charge in [-0.1, -0.05) is 19.6 Å². The minimum atomic E-state index is -1.30. The molecule has 0 aliphatic carbocycles. The lowest BCUT2D eigenvalue weighted by Crippen LogP contribution is -2.43. The normalized spacial score (nSPS) is 13.3. The molecule has 0 saturated carbocycles. The van der Waals surface area contributed by atoms with Gasteiger partial charge in [0, 0.05) is 8.07 Å². The van der Waals surface area contributed by atoms with Crippen LogP contribution in [-0.2, 0) is 23.9 Å². The van der Waals surface area contributed by atoms with Gasteiger partial charge in [-0.05, 0) is 33.7 Å². The quantitative estimate of drug-likeness (QED) is 0.509. The molecule has 0 bridgehead atoms. The molecule has 0 radical (unpaired) electrons. The topological polar surface area (TPSA) is 81.7 Å². The third-order valence-electron chi connectivity index (χ3n) is 2.77. The first-order valence-electron chi connectivity index (χ1n) is 7.91. The molecule has 0 aromatic heterocycles. The van der Waals surface area contributed by atoms with Crippen LogP contribution in [0.3, 0.4) is 0 Å². The van der Waals surface area contributed by atoms with Crippen LogP contribution in [0.2, 0.25) is 25.7 Å². The lowest BCUT2D eigenvalue weighted by molar-refractivity contribution is -0.159. The van der Waals surface area contributed by atoms with E-state index in [2.05, 4.69) is 25.0 Å². The van der Waals surface area contributed by atoms with Crippen LogP contribution in [0.25, 0.3) is 0 Å². The van der Waals surface area contributed by atoms with E-state index in [1.54, 1.807) is 20.8 Å². The highest BCUT2D eigenvalue weighted by Crippen LogP contribution is 2.11. The lowest BCUT2D eigenvalue weighted by atomic mass is 10.1. The molecule has 0 aliphatic heterocycles. The zero-order chi connectivity index (χ0) is 18.3. The van der Waals surface area contributed by atoms with Crippen LogP contribution < -0.4 is 5.32 Å². The number of hydrogen-bond acceptors (Lipinski definition) is 6. The second kappa shape index (κ2) is 9.17. The van der Waals surface area contributed by atoms with Gasteiger partial charge in [-0.15, -0.1) is 0 Å². The van der Waals surface area contributed by atoms with Crippen molar-refractivity contribution in [2.75, 3.05) is 13.2 Å².